The highest BCUT2D eigenvalue weighted by atomic mass is 31.2. The Bertz CT molecular complexity index is 394. The van der Waals surface area contributed by atoms with Crippen molar-refractivity contribution in [3.8, 4) is 0 Å². The zero-order chi connectivity index (χ0) is 13.6. The maximum absolute atomic E-state index is 12.6. The molecule has 102 valence electrons. The average Bonchev–Trinajstić information content (AvgIpc) is 2.35. The third-order valence-electron chi connectivity index (χ3n) is 2.74. The zero-order valence-electron chi connectivity index (χ0n) is 11.2. The van der Waals surface area contributed by atoms with Crippen molar-refractivity contribution in [1.29, 1.82) is 0 Å². The van der Waals surface area contributed by atoms with Crippen molar-refractivity contribution in [1.82, 2.24) is 5.32 Å². The summed E-state index contributed by atoms with van der Waals surface area (Å²) < 4.78 is 17.6. The van der Waals surface area contributed by atoms with Crippen LogP contribution in [0, 0.1) is 0 Å². The van der Waals surface area contributed by atoms with E-state index >= 15 is 0 Å². The molecule has 2 unspecified atom stereocenters. The second-order valence-corrected chi connectivity index (χ2v) is 7.12. The molecule has 2 atom stereocenters. The summed E-state index contributed by atoms with van der Waals surface area (Å²) in [6, 6.07) is 9.05. The third kappa shape index (κ3) is 4.21. The number of nitrogens with one attached hydrogen (secondary N) is 1. The third-order valence-corrected chi connectivity index (χ3v) is 5.10. The fraction of sp³-hybridized carbons (Fsp3) is 0.538. The smallest absolute Gasteiger partial charge is 0.236 e. The number of hydrogen-bond donors (Lipinski definition) is 2. The first kappa shape index (κ1) is 15.4. The van der Waals surface area contributed by atoms with Crippen LogP contribution in [0.3, 0.4) is 0 Å². The van der Waals surface area contributed by atoms with Crippen LogP contribution in [0.2, 0.25) is 0 Å². The van der Waals surface area contributed by atoms with Gasteiger partial charge in [-0.3, -0.25) is 4.57 Å². The second kappa shape index (κ2) is 7.05. The predicted octanol–water partition coefficient (Wildman–Crippen LogP) is 1.60. The van der Waals surface area contributed by atoms with E-state index in [4.69, 9.17) is 4.74 Å². The molecular weight excluding hydrogens is 249 g/mol. The Labute approximate surface area is 109 Å². The molecule has 0 aromatic heterocycles. The van der Waals surface area contributed by atoms with Crippen LogP contribution in [0.5, 0.6) is 0 Å². The van der Waals surface area contributed by atoms with E-state index in [-0.39, 0.29) is 12.6 Å². The van der Waals surface area contributed by atoms with Crippen LogP contribution in [-0.2, 0) is 9.30 Å². The molecule has 0 aliphatic heterocycles. The molecule has 1 rings (SSSR count). The summed E-state index contributed by atoms with van der Waals surface area (Å²) in [4.78, 5) is 10.3. The first-order valence-electron chi connectivity index (χ1n) is 6.09. The molecule has 0 amide bonds. The van der Waals surface area contributed by atoms with Crippen LogP contribution in [0.15, 0.2) is 30.3 Å². The van der Waals surface area contributed by atoms with Crippen LogP contribution in [-0.4, -0.2) is 36.9 Å². The summed E-state index contributed by atoms with van der Waals surface area (Å²) in [6.07, 6.45) is 0. The van der Waals surface area contributed by atoms with Gasteiger partial charge in [0.15, 0.2) is 0 Å². The molecule has 0 aliphatic rings. The van der Waals surface area contributed by atoms with Crippen molar-refractivity contribution in [2.75, 3.05) is 20.3 Å². The van der Waals surface area contributed by atoms with Gasteiger partial charge in [-0.15, -0.1) is 0 Å². The topological polar surface area (TPSA) is 58.6 Å². The number of ether oxygens (including phenoxy) is 1. The van der Waals surface area contributed by atoms with E-state index in [2.05, 4.69) is 5.32 Å². The predicted molar refractivity (Wildman–Crippen MR) is 74.7 cm³/mol. The van der Waals surface area contributed by atoms with Gasteiger partial charge >= 0.3 is 0 Å². The van der Waals surface area contributed by atoms with Gasteiger partial charge in [0.1, 0.15) is 0 Å². The van der Waals surface area contributed by atoms with Crippen molar-refractivity contribution >= 4 is 12.7 Å². The van der Waals surface area contributed by atoms with Crippen LogP contribution in [0.1, 0.15) is 13.8 Å². The van der Waals surface area contributed by atoms with E-state index < -0.39 is 13.0 Å². The molecule has 0 fully saturated rings. The summed E-state index contributed by atoms with van der Waals surface area (Å²) in [6.45, 7) is 4.75. The molecule has 4 nitrogen and oxygen atoms in total. The van der Waals surface area contributed by atoms with E-state index in [0.717, 1.165) is 0 Å². The van der Waals surface area contributed by atoms with E-state index in [1.165, 1.54) is 0 Å². The lowest BCUT2D eigenvalue weighted by molar-refractivity contribution is 0.192. The number of rotatable bonds is 7. The minimum Gasteiger partial charge on any atom is -0.384 e. The average molecular weight is 271 g/mol. The molecule has 0 saturated heterocycles. The molecule has 5 heteroatoms. The minimum atomic E-state index is -3.42. The lowest BCUT2D eigenvalue weighted by atomic mass is 10.3. The molecular formula is C13H22NO3P. The fourth-order valence-electron chi connectivity index (χ4n) is 1.70. The summed E-state index contributed by atoms with van der Waals surface area (Å²) in [5, 5.41) is 3.68. The molecule has 0 saturated carbocycles. The first-order valence-corrected chi connectivity index (χ1v) is 7.81. The highest BCUT2D eigenvalue weighted by Crippen LogP contribution is 2.44. The van der Waals surface area contributed by atoms with E-state index in [0.29, 0.717) is 11.8 Å². The van der Waals surface area contributed by atoms with Crippen molar-refractivity contribution in [2.24, 2.45) is 0 Å². The number of hydrogen-bond acceptors (Lipinski definition) is 3. The van der Waals surface area contributed by atoms with Gasteiger partial charge in [-0.05, 0) is 12.1 Å². The van der Waals surface area contributed by atoms with Gasteiger partial charge in [0, 0.05) is 25.0 Å². The molecule has 0 radical (unpaired) electrons. The largest absolute Gasteiger partial charge is 0.384 e. The van der Waals surface area contributed by atoms with E-state index in [9.17, 15) is 9.46 Å². The summed E-state index contributed by atoms with van der Waals surface area (Å²) in [5.41, 5.74) is -0.424. The van der Waals surface area contributed by atoms with Crippen LogP contribution in [0.25, 0.3) is 0 Å². The highest BCUT2D eigenvalue weighted by molar-refractivity contribution is 7.66. The Morgan fingerprint density at radius 2 is 1.94 bits per heavy atom. The number of methoxy groups -OCH3 is 1. The van der Waals surface area contributed by atoms with Crippen LogP contribution < -0.4 is 10.6 Å². The first-order chi connectivity index (χ1) is 8.48. The van der Waals surface area contributed by atoms with Gasteiger partial charge in [-0.1, -0.05) is 32.0 Å². The molecule has 0 spiro atoms. The lowest BCUT2D eigenvalue weighted by Gasteiger charge is -2.24. The number of benzene rings is 1. The van der Waals surface area contributed by atoms with Crippen molar-refractivity contribution < 1.29 is 14.2 Å². The quantitative estimate of drug-likeness (QED) is 0.739. The van der Waals surface area contributed by atoms with Gasteiger partial charge in [-0.25, -0.2) is 0 Å². The highest BCUT2D eigenvalue weighted by Gasteiger charge is 2.32. The maximum Gasteiger partial charge on any atom is 0.236 e. The zero-order valence-corrected chi connectivity index (χ0v) is 12.1. The molecule has 0 aliphatic carbocycles. The summed E-state index contributed by atoms with van der Waals surface area (Å²) in [7, 11) is -1.87. The van der Waals surface area contributed by atoms with Crippen LogP contribution in [0.4, 0.5) is 0 Å². The molecule has 1 aromatic carbocycles. The Hall–Kier alpha value is -0.670. The molecule has 18 heavy (non-hydrogen) atoms. The maximum atomic E-state index is 12.6. The van der Waals surface area contributed by atoms with Gasteiger partial charge in [0.2, 0.25) is 7.37 Å². The Morgan fingerprint density at radius 3 is 2.44 bits per heavy atom. The molecule has 2 N–H and O–H groups in total. The molecule has 0 bridgehead atoms. The fourth-order valence-corrected chi connectivity index (χ4v) is 3.43. The second-order valence-electron chi connectivity index (χ2n) is 4.63. The van der Waals surface area contributed by atoms with E-state index in [1.54, 1.807) is 31.4 Å². The Morgan fingerprint density at radius 1 is 1.33 bits per heavy atom. The summed E-state index contributed by atoms with van der Waals surface area (Å²) in [5.74, 6) is 0. The van der Waals surface area contributed by atoms with Crippen molar-refractivity contribution in [3.63, 3.8) is 0 Å². The van der Waals surface area contributed by atoms with Crippen molar-refractivity contribution in [3.05, 3.63) is 30.3 Å². The summed E-state index contributed by atoms with van der Waals surface area (Å²) >= 11 is 0. The standard InChI is InChI=1S/C13H22NO3P/c1-11(2)14-9-13(10-17-3)18(15,16)12-7-5-4-6-8-12/h4-8,11,13-14H,9-10H2,1-3H3,(H,15,16). The van der Waals surface area contributed by atoms with Crippen molar-refractivity contribution in [2.45, 2.75) is 25.5 Å². The lowest BCUT2D eigenvalue weighted by Crippen LogP contribution is -2.36. The normalized spacial score (nSPS) is 16.5. The van der Waals surface area contributed by atoms with E-state index in [1.807, 2.05) is 19.9 Å². The molecule has 0 heterocycles. The van der Waals surface area contributed by atoms with Gasteiger partial charge in [0.25, 0.3) is 0 Å². The van der Waals surface area contributed by atoms with Gasteiger partial charge in [-0.2, -0.15) is 0 Å². The Kier molecular flexibility index (Phi) is 6.03. The SMILES string of the molecule is COCC(CNC(C)C)P(=O)(O)c1ccccc1. The minimum absolute atomic E-state index is 0.266. The molecule has 1 aromatic rings. The van der Waals surface area contributed by atoms with Crippen LogP contribution >= 0.6 is 7.37 Å². The van der Waals surface area contributed by atoms with Gasteiger partial charge in [0.05, 0.1) is 12.3 Å². The Balaban J connectivity index is 2.86. The monoisotopic (exact) mass is 271 g/mol. The van der Waals surface area contributed by atoms with Gasteiger partial charge < -0.3 is 14.9 Å².